The van der Waals surface area contributed by atoms with E-state index in [2.05, 4.69) is 25.6 Å². The van der Waals surface area contributed by atoms with Crippen LogP contribution in [0.25, 0.3) is 11.0 Å². The molecule has 1 aliphatic rings. The van der Waals surface area contributed by atoms with E-state index in [1.54, 1.807) is 30.5 Å². The fraction of sp³-hybridized carbons (Fsp3) is 0.364. The number of amides is 1. The second-order valence-corrected chi connectivity index (χ2v) is 8.24. The number of nitrogens with one attached hydrogen (secondary N) is 3. The minimum atomic E-state index is -1.01. The first-order chi connectivity index (χ1) is 14.9. The Balaban J connectivity index is 1.52. The van der Waals surface area contributed by atoms with Crippen LogP contribution in [0.3, 0.4) is 0 Å². The van der Waals surface area contributed by atoms with Crippen molar-refractivity contribution in [1.82, 2.24) is 20.3 Å². The lowest BCUT2D eigenvalue weighted by Gasteiger charge is -2.30. The number of hydrogen-bond donors (Lipinski definition) is 4. The summed E-state index contributed by atoms with van der Waals surface area (Å²) in [6.07, 6.45) is 5.33. The molecule has 4 rings (SSSR count). The smallest absolute Gasteiger partial charge is 0.248 e. The predicted octanol–water partition coefficient (Wildman–Crippen LogP) is 3.06. The average Bonchev–Trinajstić information content (AvgIpc) is 3.20. The molecule has 162 valence electrons. The van der Waals surface area contributed by atoms with Crippen LogP contribution in [0.15, 0.2) is 36.8 Å². The van der Waals surface area contributed by atoms with Crippen LogP contribution in [-0.4, -0.2) is 49.9 Å². The number of nitrogens with zero attached hydrogens (tertiary/aromatic N) is 2. The van der Waals surface area contributed by atoms with E-state index in [0.717, 1.165) is 25.7 Å². The van der Waals surface area contributed by atoms with Gasteiger partial charge in [-0.25, -0.2) is 9.97 Å². The number of fused-ring (bicyclic) bond motifs is 1. The zero-order valence-corrected chi connectivity index (χ0v) is 17.8. The van der Waals surface area contributed by atoms with Crippen molar-refractivity contribution in [3.63, 3.8) is 0 Å². The summed E-state index contributed by atoms with van der Waals surface area (Å²) < 4.78 is 0. The van der Waals surface area contributed by atoms with Gasteiger partial charge in [0.2, 0.25) is 5.91 Å². The summed E-state index contributed by atoms with van der Waals surface area (Å²) >= 11 is 6.23. The molecular formula is C22H24ClN5O3. The van der Waals surface area contributed by atoms with E-state index in [9.17, 15) is 14.7 Å². The van der Waals surface area contributed by atoms with E-state index in [0.29, 0.717) is 33.0 Å². The third kappa shape index (κ3) is 4.55. The van der Waals surface area contributed by atoms with Crippen LogP contribution < -0.4 is 10.6 Å². The number of aliphatic hydroxyl groups excluding tert-OH is 1. The topological polar surface area (TPSA) is 120 Å². The minimum absolute atomic E-state index is 0.0511. The largest absolute Gasteiger partial charge is 0.384 e. The Kier molecular flexibility index (Phi) is 6.20. The number of ketones is 1. The number of carbonyl (C=O) groups is 2. The quantitative estimate of drug-likeness (QED) is 0.436. The minimum Gasteiger partial charge on any atom is -0.384 e. The van der Waals surface area contributed by atoms with E-state index >= 15 is 0 Å². The number of H-pyrrole nitrogens is 1. The van der Waals surface area contributed by atoms with Crippen molar-refractivity contribution in [2.75, 3.05) is 5.32 Å². The molecule has 1 fully saturated rings. The first-order valence-electron chi connectivity index (χ1n) is 10.3. The van der Waals surface area contributed by atoms with Gasteiger partial charge in [-0.1, -0.05) is 23.7 Å². The number of hydrogen-bond acceptors (Lipinski definition) is 6. The average molecular weight is 442 g/mol. The Bertz CT molecular complexity index is 1110. The molecule has 2 aromatic heterocycles. The Morgan fingerprint density at radius 1 is 1.13 bits per heavy atom. The number of rotatable bonds is 6. The van der Waals surface area contributed by atoms with Crippen molar-refractivity contribution < 1.29 is 14.7 Å². The van der Waals surface area contributed by atoms with Gasteiger partial charge < -0.3 is 20.7 Å². The number of anilines is 1. The van der Waals surface area contributed by atoms with Crippen LogP contribution in [0.2, 0.25) is 5.02 Å². The molecule has 31 heavy (non-hydrogen) atoms. The van der Waals surface area contributed by atoms with E-state index in [1.807, 2.05) is 0 Å². The first kappa shape index (κ1) is 21.3. The van der Waals surface area contributed by atoms with Gasteiger partial charge in [-0.05, 0) is 44.7 Å². The summed E-state index contributed by atoms with van der Waals surface area (Å²) in [6.45, 7) is 1.46. The molecule has 1 amide bonds. The molecule has 1 aliphatic carbocycles. The molecule has 1 aromatic carbocycles. The fourth-order valence-electron chi connectivity index (χ4n) is 3.94. The van der Waals surface area contributed by atoms with Crippen molar-refractivity contribution in [3.8, 4) is 0 Å². The van der Waals surface area contributed by atoms with Gasteiger partial charge in [0.15, 0.2) is 5.78 Å². The second-order valence-electron chi connectivity index (χ2n) is 7.83. The van der Waals surface area contributed by atoms with E-state index in [4.69, 9.17) is 11.6 Å². The summed E-state index contributed by atoms with van der Waals surface area (Å²) in [5, 5.41) is 16.7. The van der Waals surface area contributed by atoms with Crippen molar-refractivity contribution in [2.24, 2.45) is 0 Å². The highest BCUT2D eigenvalue weighted by molar-refractivity contribution is 6.35. The lowest BCUT2D eigenvalue weighted by atomic mass is 9.91. The molecule has 8 nitrogen and oxygen atoms in total. The van der Waals surface area contributed by atoms with Crippen LogP contribution >= 0.6 is 11.6 Å². The number of benzene rings is 1. The first-order valence-corrected chi connectivity index (χ1v) is 10.7. The van der Waals surface area contributed by atoms with Gasteiger partial charge in [0.25, 0.3) is 0 Å². The van der Waals surface area contributed by atoms with Gasteiger partial charge >= 0.3 is 0 Å². The van der Waals surface area contributed by atoms with Gasteiger partial charge in [-0.2, -0.15) is 0 Å². The molecule has 0 radical (unpaired) electrons. The van der Waals surface area contributed by atoms with Gasteiger partial charge in [0.1, 0.15) is 23.9 Å². The fourth-order valence-corrected chi connectivity index (χ4v) is 4.16. The molecular weight excluding hydrogens is 418 g/mol. The zero-order valence-electron chi connectivity index (χ0n) is 17.1. The molecule has 0 aliphatic heterocycles. The monoisotopic (exact) mass is 441 g/mol. The molecule has 3 aromatic rings. The van der Waals surface area contributed by atoms with Crippen LogP contribution in [-0.2, 0) is 4.79 Å². The second kappa shape index (κ2) is 9.03. The molecule has 1 saturated carbocycles. The van der Waals surface area contributed by atoms with Crippen LogP contribution in [0.1, 0.15) is 48.5 Å². The summed E-state index contributed by atoms with van der Waals surface area (Å²) in [5.74, 6) is 0.0568. The summed E-state index contributed by atoms with van der Waals surface area (Å²) in [7, 11) is 0. The van der Waals surface area contributed by atoms with Gasteiger partial charge in [-0.15, -0.1) is 0 Å². The highest BCUT2D eigenvalue weighted by atomic mass is 35.5. The maximum atomic E-state index is 13.1. The zero-order chi connectivity index (χ0) is 22.0. The highest BCUT2D eigenvalue weighted by Crippen LogP contribution is 2.30. The van der Waals surface area contributed by atoms with E-state index < -0.39 is 6.10 Å². The molecule has 9 heteroatoms. The van der Waals surface area contributed by atoms with Gasteiger partial charge in [0.05, 0.1) is 16.0 Å². The maximum absolute atomic E-state index is 13.1. The maximum Gasteiger partial charge on any atom is 0.248 e. The number of aromatic nitrogens is 3. The van der Waals surface area contributed by atoms with Crippen molar-refractivity contribution in [2.45, 2.75) is 50.8 Å². The van der Waals surface area contributed by atoms with Crippen molar-refractivity contribution in [3.05, 3.63) is 52.9 Å². The lowest BCUT2D eigenvalue weighted by Crippen LogP contribution is -2.43. The Hall–Kier alpha value is -2.97. The van der Waals surface area contributed by atoms with E-state index in [1.165, 1.54) is 13.3 Å². The van der Waals surface area contributed by atoms with Gasteiger partial charge in [0, 0.05) is 23.8 Å². The molecule has 2 heterocycles. The molecule has 0 spiro atoms. The Labute approximate surface area is 184 Å². The van der Waals surface area contributed by atoms with Crippen LogP contribution in [0, 0.1) is 0 Å². The summed E-state index contributed by atoms with van der Waals surface area (Å²) in [4.78, 5) is 36.5. The number of aliphatic hydroxyl groups is 1. The van der Waals surface area contributed by atoms with Crippen molar-refractivity contribution in [1.29, 1.82) is 0 Å². The molecule has 0 bridgehead atoms. The third-order valence-electron chi connectivity index (χ3n) is 5.63. The Morgan fingerprint density at radius 3 is 2.55 bits per heavy atom. The SMILES string of the molecule is C[C@@H](O)C(=O)N[C@H]1CC[C@@H](Nc2ncnc3[nH]cc(C(=O)c4ccccc4Cl)c23)CC1. The van der Waals surface area contributed by atoms with Gasteiger partial charge in [-0.3, -0.25) is 9.59 Å². The van der Waals surface area contributed by atoms with Crippen LogP contribution in [0.5, 0.6) is 0 Å². The number of carbonyl (C=O) groups excluding carboxylic acids is 2. The third-order valence-corrected chi connectivity index (χ3v) is 5.96. The molecule has 0 unspecified atom stereocenters. The van der Waals surface area contributed by atoms with Crippen molar-refractivity contribution >= 4 is 40.1 Å². The predicted molar refractivity (Wildman–Crippen MR) is 118 cm³/mol. The normalized spacial score (nSPS) is 19.7. The highest BCUT2D eigenvalue weighted by Gasteiger charge is 2.26. The van der Waals surface area contributed by atoms with E-state index in [-0.39, 0.29) is 23.8 Å². The molecule has 4 N–H and O–H groups in total. The lowest BCUT2D eigenvalue weighted by molar-refractivity contribution is -0.129. The molecule has 1 atom stereocenters. The summed E-state index contributed by atoms with van der Waals surface area (Å²) in [6, 6.07) is 7.14. The summed E-state index contributed by atoms with van der Waals surface area (Å²) in [5.41, 5.74) is 1.46. The number of halogens is 1. The Morgan fingerprint density at radius 2 is 1.84 bits per heavy atom. The molecule has 0 saturated heterocycles. The number of aromatic amines is 1. The van der Waals surface area contributed by atoms with Crippen LogP contribution in [0.4, 0.5) is 5.82 Å². The standard InChI is InChI=1S/C22H24ClN5O3/c1-12(29)22(31)28-14-8-6-13(7-9-14)27-21-18-16(10-24-20(18)25-11-26-21)19(30)15-4-2-3-5-17(15)23/h2-5,10-14,29H,6-9H2,1H3,(H,28,31)(H2,24,25,26,27)/t12-,13-,14+/m1/s1.